The summed E-state index contributed by atoms with van der Waals surface area (Å²) in [6.07, 6.45) is 7.82. The molecule has 0 radical (unpaired) electrons. The van der Waals surface area contributed by atoms with E-state index in [1.54, 1.807) is 0 Å². The summed E-state index contributed by atoms with van der Waals surface area (Å²) in [5, 5.41) is 21.3. The number of aliphatic hydroxyl groups is 1. The number of carbonyl (C=O) groups excluding carboxylic acids is 1. The number of hydrogen-bond acceptors (Lipinski definition) is 3. The maximum atomic E-state index is 13.2. The van der Waals surface area contributed by atoms with Crippen molar-refractivity contribution in [3.8, 4) is 0 Å². The molecule has 5 aliphatic rings. The normalized spacial score (nSPS) is 53.8. The fourth-order valence-electron chi connectivity index (χ4n) is 11.3. The van der Waals surface area contributed by atoms with E-state index >= 15 is 0 Å². The average molecular weight is 471 g/mol. The lowest BCUT2D eigenvalue weighted by atomic mass is 9.32. The van der Waals surface area contributed by atoms with Gasteiger partial charge in [0.15, 0.2) is 0 Å². The summed E-state index contributed by atoms with van der Waals surface area (Å²) in [5.41, 5.74) is 0.214. The van der Waals surface area contributed by atoms with Crippen molar-refractivity contribution in [1.29, 1.82) is 0 Å². The lowest BCUT2D eigenvalue weighted by molar-refractivity contribution is -0.248. The van der Waals surface area contributed by atoms with Crippen LogP contribution in [0.2, 0.25) is 0 Å². The van der Waals surface area contributed by atoms with Gasteiger partial charge in [-0.1, -0.05) is 46.8 Å². The molecule has 0 aliphatic heterocycles. The second-order valence-corrected chi connectivity index (χ2v) is 14.5. The van der Waals surface area contributed by atoms with Gasteiger partial charge in [-0.15, -0.1) is 0 Å². The summed E-state index contributed by atoms with van der Waals surface area (Å²) >= 11 is 0. The van der Waals surface area contributed by atoms with Gasteiger partial charge in [0.25, 0.3) is 0 Å². The highest BCUT2D eigenvalue weighted by atomic mass is 16.4. The zero-order valence-electron chi connectivity index (χ0n) is 22.2. The molecule has 5 saturated carbocycles. The first-order chi connectivity index (χ1) is 15.7. The summed E-state index contributed by atoms with van der Waals surface area (Å²) in [7, 11) is 0. The molecule has 0 bridgehead atoms. The fourth-order valence-corrected chi connectivity index (χ4v) is 11.3. The van der Waals surface area contributed by atoms with Crippen LogP contribution in [0.15, 0.2) is 12.2 Å². The van der Waals surface area contributed by atoms with Crippen molar-refractivity contribution >= 4 is 11.8 Å². The van der Waals surface area contributed by atoms with Gasteiger partial charge in [-0.2, -0.15) is 0 Å². The van der Waals surface area contributed by atoms with Gasteiger partial charge in [0.05, 0.1) is 11.5 Å². The van der Waals surface area contributed by atoms with Crippen LogP contribution < -0.4 is 0 Å². The first-order valence-electron chi connectivity index (χ1n) is 13.8. The van der Waals surface area contributed by atoms with Crippen LogP contribution in [0.4, 0.5) is 0 Å². The molecular formula is C30H46O4. The van der Waals surface area contributed by atoms with E-state index < -0.39 is 11.4 Å². The zero-order valence-corrected chi connectivity index (χ0v) is 22.2. The molecule has 0 aromatic carbocycles. The van der Waals surface area contributed by atoms with Gasteiger partial charge >= 0.3 is 5.97 Å². The van der Waals surface area contributed by atoms with Crippen LogP contribution >= 0.6 is 0 Å². The van der Waals surface area contributed by atoms with Gasteiger partial charge in [-0.3, -0.25) is 9.59 Å². The van der Waals surface area contributed by atoms with Gasteiger partial charge in [-0.25, -0.2) is 0 Å². The van der Waals surface area contributed by atoms with Crippen LogP contribution in [0, 0.1) is 56.7 Å². The van der Waals surface area contributed by atoms with E-state index in [-0.39, 0.29) is 57.7 Å². The Morgan fingerprint density at radius 1 is 0.912 bits per heavy atom. The van der Waals surface area contributed by atoms with Crippen molar-refractivity contribution in [2.45, 2.75) is 105 Å². The molecule has 4 nitrogen and oxygen atoms in total. The van der Waals surface area contributed by atoms with Gasteiger partial charge in [0, 0.05) is 12.3 Å². The second kappa shape index (κ2) is 7.20. The van der Waals surface area contributed by atoms with Crippen LogP contribution in [0.1, 0.15) is 99.3 Å². The molecule has 0 spiro atoms. The first-order valence-corrected chi connectivity index (χ1v) is 13.8. The molecule has 10 atom stereocenters. The van der Waals surface area contributed by atoms with E-state index in [4.69, 9.17) is 0 Å². The highest BCUT2D eigenvalue weighted by Gasteiger charge is 2.73. The quantitative estimate of drug-likeness (QED) is 0.467. The minimum atomic E-state index is -0.911. The smallest absolute Gasteiger partial charge is 0.310 e. The monoisotopic (exact) mass is 470 g/mol. The van der Waals surface area contributed by atoms with Crippen molar-refractivity contribution in [3.63, 3.8) is 0 Å². The molecule has 5 aliphatic carbocycles. The Balaban J connectivity index is 1.59. The highest BCUT2D eigenvalue weighted by molar-refractivity contribution is 5.94. The van der Waals surface area contributed by atoms with Gasteiger partial charge in [-0.05, 0) is 104 Å². The molecule has 5 rings (SSSR count). The van der Waals surface area contributed by atoms with E-state index in [1.165, 1.54) is 0 Å². The second-order valence-electron chi connectivity index (χ2n) is 14.5. The topological polar surface area (TPSA) is 74.6 Å². The van der Waals surface area contributed by atoms with Crippen molar-refractivity contribution in [2.75, 3.05) is 0 Å². The van der Waals surface area contributed by atoms with E-state index in [0.717, 1.165) is 50.5 Å². The van der Waals surface area contributed by atoms with Crippen molar-refractivity contribution in [1.82, 2.24) is 0 Å². The molecule has 0 unspecified atom stereocenters. The summed E-state index contributed by atoms with van der Waals surface area (Å²) in [5.74, 6) is 0.245. The Hall–Kier alpha value is -1.16. The molecule has 0 aromatic rings. The molecule has 0 saturated heterocycles. The number of Topliss-reactive ketones (excluding diaryl/α,β-unsaturated/α-hetero) is 1. The van der Waals surface area contributed by atoms with E-state index in [9.17, 15) is 19.8 Å². The number of rotatable bonds is 2. The number of hydrogen-bond donors (Lipinski definition) is 2. The number of ketones is 1. The van der Waals surface area contributed by atoms with Gasteiger partial charge in [0.1, 0.15) is 5.78 Å². The number of allylic oxidation sites excluding steroid dienone is 1. The SMILES string of the molecule is C=C(C)[C@@H]1C(=O)C[C@]2(C(=O)O)CC[C@]3(C)[C@H](CC[C@@H]4[C@@]5(C)CC[C@H](O)C(C)(C)[C@@H]5CC[C@]43C)[C@@H]12. The molecule has 0 amide bonds. The minimum absolute atomic E-state index is 0.0199. The lowest BCUT2D eigenvalue weighted by Gasteiger charge is -2.72. The number of carbonyl (C=O) groups is 2. The fraction of sp³-hybridized carbons (Fsp3) is 0.867. The lowest BCUT2D eigenvalue weighted by Crippen LogP contribution is -2.67. The number of aliphatic hydroxyl groups excluding tert-OH is 1. The van der Waals surface area contributed by atoms with E-state index in [0.29, 0.717) is 18.3 Å². The first kappa shape index (κ1) is 24.5. The minimum Gasteiger partial charge on any atom is -0.481 e. The van der Waals surface area contributed by atoms with E-state index in [2.05, 4.69) is 41.2 Å². The van der Waals surface area contributed by atoms with Crippen LogP contribution in [0.3, 0.4) is 0 Å². The zero-order chi connectivity index (χ0) is 25.1. The third-order valence-corrected chi connectivity index (χ3v) is 13.2. The Bertz CT molecular complexity index is 936. The predicted molar refractivity (Wildman–Crippen MR) is 133 cm³/mol. The maximum absolute atomic E-state index is 13.2. The van der Waals surface area contributed by atoms with Crippen LogP contribution in [0.5, 0.6) is 0 Å². The third kappa shape index (κ3) is 2.70. The predicted octanol–water partition coefficient (Wildman–Crippen LogP) is 6.27. The maximum Gasteiger partial charge on any atom is 0.310 e. The summed E-state index contributed by atoms with van der Waals surface area (Å²) in [6, 6.07) is 0. The molecule has 190 valence electrons. The van der Waals surface area contributed by atoms with Crippen LogP contribution in [-0.4, -0.2) is 28.1 Å². The Morgan fingerprint density at radius 2 is 1.59 bits per heavy atom. The summed E-state index contributed by atoms with van der Waals surface area (Å²) in [4.78, 5) is 26.0. The summed E-state index contributed by atoms with van der Waals surface area (Å²) < 4.78 is 0. The molecule has 34 heavy (non-hydrogen) atoms. The average Bonchev–Trinajstić information content (AvgIpc) is 3.05. The third-order valence-electron chi connectivity index (χ3n) is 13.2. The number of carboxylic acids is 1. The van der Waals surface area contributed by atoms with Gasteiger partial charge < -0.3 is 10.2 Å². The molecule has 4 heteroatoms. The Morgan fingerprint density at radius 3 is 2.21 bits per heavy atom. The van der Waals surface area contributed by atoms with Crippen LogP contribution in [0.25, 0.3) is 0 Å². The largest absolute Gasteiger partial charge is 0.481 e. The Kier molecular flexibility index (Phi) is 5.20. The van der Waals surface area contributed by atoms with Crippen molar-refractivity contribution in [2.24, 2.45) is 56.7 Å². The Labute approximate surface area is 206 Å². The van der Waals surface area contributed by atoms with Crippen molar-refractivity contribution in [3.05, 3.63) is 12.2 Å². The highest BCUT2D eigenvalue weighted by Crippen LogP contribution is 2.77. The van der Waals surface area contributed by atoms with Crippen molar-refractivity contribution < 1.29 is 19.8 Å². The number of fused-ring (bicyclic) bond motifs is 7. The molecule has 2 N–H and O–H groups in total. The molecular weight excluding hydrogens is 424 g/mol. The summed E-state index contributed by atoms with van der Waals surface area (Å²) in [6.45, 7) is 18.2. The number of carboxylic acid groups (broad SMARTS) is 1. The van der Waals surface area contributed by atoms with Crippen LogP contribution in [-0.2, 0) is 9.59 Å². The molecule has 5 fully saturated rings. The van der Waals surface area contributed by atoms with Gasteiger partial charge in [0.2, 0.25) is 0 Å². The molecule has 0 aromatic heterocycles. The standard InChI is InChI=1S/C30H46O4/c1-17(2)23-19(31)16-30(25(33)34)15-14-28(6)18(24(23)30)8-9-21-27(5)12-11-22(32)26(3,4)20(27)10-13-29(21,28)7/h18,20-24,32H,1,8-16H2,2-7H3,(H,33,34)/t18-,20+,21-,22+,23-,24+,27+,28-,29-,30-/m1/s1. The molecule has 0 heterocycles. The van der Waals surface area contributed by atoms with E-state index in [1.807, 2.05) is 6.92 Å². The number of aliphatic carboxylic acids is 1.